The monoisotopic (exact) mass is 480 g/mol. The number of aromatic nitrogens is 3. The van der Waals surface area contributed by atoms with Crippen molar-refractivity contribution in [1.29, 1.82) is 0 Å². The van der Waals surface area contributed by atoms with Gasteiger partial charge < -0.3 is 15.5 Å². The van der Waals surface area contributed by atoms with Crippen molar-refractivity contribution in [3.8, 4) is 11.1 Å². The molecular formula is C26H26ClFN4O2. The molecule has 4 rings (SSSR count). The zero-order chi connectivity index (χ0) is 24.6. The summed E-state index contributed by atoms with van der Waals surface area (Å²) in [6, 6.07) is 9.87. The van der Waals surface area contributed by atoms with Gasteiger partial charge in [0, 0.05) is 28.9 Å². The van der Waals surface area contributed by atoms with Crippen molar-refractivity contribution in [1.82, 2.24) is 15.0 Å². The maximum atomic E-state index is 14.6. The predicted octanol–water partition coefficient (Wildman–Crippen LogP) is 5.69. The van der Waals surface area contributed by atoms with Crippen LogP contribution in [0.5, 0.6) is 0 Å². The molecule has 6 nitrogen and oxygen atoms in total. The second-order valence-corrected chi connectivity index (χ2v) is 9.23. The Morgan fingerprint density at radius 1 is 1.09 bits per heavy atom. The summed E-state index contributed by atoms with van der Waals surface area (Å²) in [5.41, 5.74) is 3.57. The molecule has 0 aliphatic heterocycles. The van der Waals surface area contributed by atoms with Crippen LogP contribution in [0.3, 0.4) is 0 Å². The second kappa shape index (κ2) is 9.25. The van der Waals surface area contributed by atoms with Crippen LogP contribution in [0.1, 0.15) is 49.5 Å². The zero-order valence-electron chi connectivity index (χ0n) is 19.4. The summed E-state index contributed by atoms with van der Waals surface area (Å²) in [6.07, 6.45) is 3.33. The molecule has 0 aliphatic rings. The van der Waals surface area contributed by atoms with Crippen LogP contribution in [-0.2, 0) is 12.2 Å². The van der Waals surface area contributed by atoms with Gasteiger partial charge in [-0.1, -0.05) is 23.7 Å². The SMILES string of the molecule is Cc1nc2ccc(-c3cnc(C(C)(C)O)nc3)cc2c(N[C@H](C)c2cc(CO)ccc2F)c1Cl. The minimum absolute atomic E-state index is 0.171. The van der Waals surface area contributed by atoms with Gasteiger partial charge in [0.25, 0.3) is 0 Å². The first-order valence-electron chi connectivity index (χ1n) is 10.9. The molecule has 0 unspecified atom stereocenters. The summed E-state index contributed by atoms with van der Waals surface area (Å²) in [4.78, 5) is 13.2. The number of halogens is 2. The zero-order valence-corrected chi connectivity index (χ0v) is 20.2. The van der Waals surface area contributed by atoms with Crippen molar-refractivity contribution in [3.63, 3.8) is 0 Å². The molecule has 0 bridgehead atoms. The van der Waals surface area contributed by atoms with Gasteiger partial charge in [-0.25, -0.2) is 14.4 Å². The van der Waals surface area contributed by atoms with Crippen molar-refractivity contribution in [2.24, 2.45) is 0 Å². The van der Waals surface area contributed by atoms with Gasteiger partial charge in [-0.3, -0.25) is 4.98 Å². The van der Waals surface area contributed by atoms with E-state index >= 15 is 0 Å². The normalized spacial score (nSPS) is 12.7. The van der Waals surface area contributed by atoms with Crippen molar-refractivity contribution in [3.05, 3.63) is 82.3 Å². The number of hydrogen-bond donors (Lipinski definition) is 3. The number of aryl methyl sites for hydroxylation is 1. The van der Waals surface area contributed by atoms with Crippen LogP contribution >= 0.6 is 11.6 Å². The number of benzene rings is 2. The van der Waals surface area contributed by atoms with Gasteiger partial charge in [0.15, 0.2) is 5.82 Å². The van der Waals surface area contributed by atoms with E-state index in [1.54, 1.807) is 38.4 Å². The molecule has 3 N–H and O–H groups in total. The molecule has 2 heterocycles. The van der Waals surface area contributed by atoms with E-state index in [1.165, 1.54) is 6.07 Å². The average molecular weight is 481 g/mol. The number of pyridine rings is 1. The van der Waals surface area contributed by atoms with Gasteiger partial charge in [-0.15, -0.1) is 0 Å². The highest BCUT2D eigenvalue weighted by Gasteiger charge is 2.20. The van der Waals surface area contributed by atoms with Crippen LogP contribution in [0.4, 0.5) is 10.1 Å². The Hall–Kier alpha value is -3.13. The first-order chi connectivity index (χ1) is 16.1. The largest absolute Gasteiger partial charge is 0.392 e. The minimum atomic E-state index is -1.13. The molecule has 0 aliphatic carbocycles. The van der Waals surface area contributed by atoms with Crippen molar-refractivity contribution in [2.75, 3.05) is 5.32 Å². The maximum Gasteiger partial charge on any atom is 0.159 e. The predicted molar refractivity (Wildman–Crippen MR) is 132 cm³/mol. The van der Waals surface area contributed by atoms with Gasteiger partial charge in [0.2, 0.25) is 0 Å². The Morgan fingerprint density at radius 3 is 2.44 bits per heavy atom. The number of fused-ring (bicyclic) bond motifs is 1. The summed E-state index contributed by atoms with van der Waals surface area (Å²) in [5, 5.41) is 24.1. The Balaban J connectivity index is 1.78. The Labute approximate surface area is 202 Å². The molecule has 0 radical (unpaired) electrons. The summed E-state index contributed by atoms with van der Waals surface area (Å²) < 4.78 is 14.6. The Bertz CT molecular complexity index is 1350. The molecule has 1 atom stereocenters. The third-order valence-corrected chi connectivity index (χ3v) is 6.16. The van der Waals surface area contributed by atoms with Crippen LogP contribution in [0, 0.1) is 12.7 Å². The molecule has 0 fully saturated rings. The summed E-state index contributed by atoms with van der Waals surface area (Å²) in [5.74, 6) is -0.0335. The van der Waals surface area contributed by atoms with Crippen molar-refractivity contribution in [2.45, 2.75) is 45.9 Å². The van der Waals surface area contributed by atoms with Crippen LogP contribution in [-0.4, -0.2) is 25.2 Å². The Kier molecular flexibility index (Phi) is 6.53. The maximum absolute atomic E-state index is 14.6. The van der Waals surface area contributed by atoms with Gasteiger partial charge in [-0.2, -0.15) is 0 Å². The lowest BCUT2D eigenvalue weighted by molar-refractivity contribution is 0.0687. The highest BCUT2D eigenvalue weighted by atomic mass is 35.5. The third-order valence-electron chi connectivity index (χ3n) is 5.69. The van der Waals surface area contributed by atoms with Gasteiger partial charge in [-0.05, 0) is 63.1 Å². The molecular weight excluding hydrogens is 455 g/mol. The van der Waals surface area contributed by atoms with E-state index < -0.39 is 11.6 Å². The molecule has 0 saturated carbocycles. The van der Waals surface area contributed by atoms with Crippen LogP contribution < -0.4 is 5.32 Å². The van der Waals surface area contributed by atoms with Gasteiger partial charge in [0.1, 0.15) is 11.4 Å². The molecule has 2 aromatic heterocycles. The van der Waals surface area contributed by atoms with E-state index in [9.17, 15) is 14.6 Å². The number of hydrogen-bond acceptors (Lipinski definition) is 6. The number of rotatable bonds is 6. The molecule has 4 aromatic rings. The molecule has 0 spiro atoms. The Morgan fingerprint density at radius 2 is 1.79 bits per heavy atom. The average Bonchev–Trinajstić information content (AvgIpc) is 2.81. The fraction of sp³-hybridized carbons (Fsp3) is 0.269. The summed E-state index contributed by atoms with van der Waals surface area (Å²) in [7, 11) is 0. The first-order valence-corrected chi connectivity index (χ1v) is 11.3. The summed E-state index contributed by atoms with van der Waals surface area (Å²) in [6.45, 7) is 6.75. The number of anilines is 1. The van der Waals surface area contributed by atoms with Gasteiger partial charge >= 0.3 is 0 Å². The van der Waals surface area contributed by atoms with Crippen LogP contribution in [0.2, 0.25) is 5.02 Å². The van der Waals surface area contributed by atoms with Crippen LogP contribution in [0.15, 0.2) is 48.8 Å². The van der Waals surface area contributed by atoms with Crippen molar-refractivity contribution >= 4 is 28.2 Å². The lowest BCUT2D eigenvalue weighted by atomic mass is 10.0. The highest BCUT2D eigenvalue weighted by Crippen LogP contribution is 2.37. The van der Waals surface area contributed by atoms with E-state index in [1.807, 2.05) is 32.0 Å². The fourth-order valence-electron chi connectivity index (χ4n) is 3.79. The van der Waals surface area contributed by atoms with E-state index in [-0.39, 0.29) is 12.4 Å². The topological polar surface area (TPSA) is 91.2 Å². The van der Waals surface area contributed by atoms with Gasteiger partial charge in [0.05, 0.1) is 34.6 Å². The lowest BCUT2D eigenvalue weighted by Gasteiger charge is -2.21. The fourth-order valence-corrected chi connectivity index (χ4v) is 3.99. The number of nitrogens with zero attached hydrogens (tertiary/aromatic N) is 3. The van der Waals surface area contributed by atoms with E-state index in [0.29, 0.717) is 33.4 Å². The van der Waals surface area contributed by atoms with E-state index in [2.05, 4.69) is 20.3 Å². The number of aliphatic hydroxyl groups excluding tert-OH is 1. The minimum Gasteiger partial charge on any atom is -0.392 e. The van der Waals surface area contributed by atoms with Crippen LogP contribution in [0.25, 0.3) is 22.0 Å². The first kappa shape index (κ1) is 24.0. The smallest absolute Gasteiger partial charge is 0.159 e. The molecule has 8 heteroatoms. The standard InChI is InChI=1S/C26H26ClFN4O2/c1-14(19-9-16(13-33)5-7-21(19)28)32-24-20-10-17(6-8-22(20)31-15(2)23(24)27)18-11-29-25(30-12-18)26(3,4)34/h5-12,14,33-34H,13H2,1-4H3,(H,31,32)/t14-/m1/s1. The van der Waals surface area contributed by atoms with E-state index in [0.717, 1.165) is 22.0 Å². The molecule has 34 heavy (non-hydrogen) atoms. The third kappa shape index (κ3) is 4.73. The number of aliphatic hydroxyl groups is 2. The quantitative estimate of drug-likeness (QED) is 0.328. The molecule has 0 saturated heterocycles. The number of nitrogens with one attached hydrogen (secondary N) is 1. The van der Waals surface area contributed by atoms with Crippen molar-refractivity contribution < 1.29 is 14.6 Å². The molecule has 0 amide bonds. The lowest BCUT2D eigenvalue weighted by Crippen LogP contribution is -2.19. The molecule has 2 aromatic carbocycles. The highest BCUT2D eigenvalue weighted by molar-refractivity contribution is 6.35. The van der Waals surface area contributed by atoms with E-state index in [4.69, 9.17) is 11.6 Å². The molecule has 176 valence electrons. The second-order valence-electron chi connectivity index (χ2n) is 8.85. The summed E-state index contributed by atoms with van der Waals surface area (Å²) >= 11 is 6.66.